The molecule has 0 aromatic carbocycles. The quantitative estimate of drug-likeness (QED) is 0.502. The molecule has 1 heterocycles. The van der Waals surface area contributed by atoms with E-state index in [0.29, 0.717) is 13.0 Å². The third-order valence-electron chi connectivity index (χ3n) is 5.32. The van der Waals surface area contributed by atoms with Crippen LogP contribution in [0.1, 0.15) is 54.9 Å². The van der Waals surface area contributed by atoms with Gasteiger partial charge < -0.3 is 9.30 Å². The van der Waals surface area contributed by atoms with Crippen molar-refractivity contribution in [2.24, 2.45) is 0 Å². The fourth-order valence-corrected chi connectivity index (χ4v) is 11.8. The molecular formula is C17H36N2O2Si. The number of carbonyl (C=O) groups is 1. The zero-order chi connectivity index (χ0) is 16.9. The van der Waals surface area contributed by atoms with Crippen LogP contribution in [0.2, 0.25) is 16.6 Å². The average molecular weight is 329 g/mol. The molecule has 5 heteroatoms. The number of ether oxygens (including phenoxy) is 1. The molecule has 22 heavy (non-hydrogen) atoms. The molecule has 1 rings (SSSR count). The number of hydrogen-bond donors (Lipinski definition) is 0. The molecule has 0 aliphatic carbocycles. The summed E-state index contributed by atoms with van der Waals surface area (Å²) in [6.45, 7) is 20.9. The minimum absolute atomic E-state index is 0.0685. The van der Waals surface area contributed by atoms with E-state index in [1.54, 1.807) is 0 Å². The fourth-order valence-electron chi connectivity index (χ4n) is 4.72. The van der Waals surface area contributed by atoms with Gasteiger partial charge in [0.15, 0.2) is 0 Å². The van der Waals surface area contributed by atoms with Gasteiger partial charge in [-0.15, -0.1) is 0 Å². The van der Waals surface area contributed by atoms with Gasteiger partial charge in [-0.3, -0.25) is 9.69 Å². The van der Waals surface area contributed by atoms with E-state index in [1.165, 1.54) is 0 Å². The van der Waals surface area contributed by atoms with Gasteiger partial charge in [0.25, 0.3) is 0 Å². The van der Waals surface area contributed by atoms with Crippen LogP contribution in [-0.4, -0.2) is 56.6 Å². The monoisotopic (exact) mass is 328 g/mol. The molecule has 0 bridgehead atoms. The molecule has 0 radical (unpaired) electrons. The maximum absolute atomic E-state index is 11.5. The molecule has 0 saturated carbocycles. The Morgan fingerprint density at radius 1 is 1.05 bits per heavy atom. The van der Waals surface area contributed by atoms with Crippen LogP contribution in [-0.2, 0) is 9.53 Å². The van der Waals surface area contributed by atoms with Crippen LogP contribution in [0.25, 0.3) is 0 Å². The van der Waals surface area contributed by atoms with E-state index in [9.17, 15) is 4.79 Å². The van der Waals surface area contributed by atoms with Crippen LogP contribution in [0.5, 0.6) is 0 Å². The minimum atomic E-state index is -1.53. The zero-order valence-corrected chi connectivity index (χ0v) is 16.7. The molecule has 1 aliphatic heterocycles. The van der Waals surface area contributed by atoms with Crippen LogP contribution in [0.15, 0.2) is 0 Å². The van der Waals surface area contributed by atoms with Crippen LogP contribution < -0.4 is 0 Å². The highest BCUT2D eigenvalue weighted by Crippen LogP contribution is 2.44. The van der Waals surface area contributed by atoms with Crippen molar-refractivity contribution in [3.8, 4) is 0 Å². The number of esters is 1. The van der Waals surface area contributed by atoms with Crippen molar-refractivity contribution in [2.45, 2.75) is 71.5 Å². The topological polar surface area (TPSA) is 32.8 Å². The first-order chi connectivity index (χ1) is 10.3. The molecule has 1 saturated heterocycles. The molecule has 0 atom stereocenters. The Kier molecular flexibility index (Phi) is 7.55. The van der Waals surface area contributed by atoms with Crippen LogP contribution in [0.3, 0.4) is 0 Å². The van der Waals surface area contributed by atoms with E-state index >= 15 is 0 Å². The fraction of sp³-hybridized carbons (Fsp3) is 0.941. The molecule has 130 valence electrons. The predicted octanol–water partition coefficient (Wildman–Crippen LogP) is 3.69. The van der Waals surface area contributed by atoms with Gasteiger partial charge in [0.2, 0.25) is 0 Å². The summed E-state index contributed by atoms with van der Waals surface area (Å²) < 4.78 is 7.83. The normalized spacial score (nSPS) is 17.9. The van der Waals surface area contributed by atoms with E-state index in [1.807, 2.05) is 6.92 Å². The third-order valence-corrected chi connectivity index (χ3v) is 12.3. The second kappa shape index (κ2) is 8.46. The van der Waals surface area contributed by atoms with Crippen LogP contribution >= 0.6 is 0 Å². The van der Waals surface area contributed by atoms with Crippen LogP contribution in [0.4, 0.5) is 0 Å². The lowest BCUT2D eigenvalue weighted by Crippen LogP contribution is -2.59. The molecule has 0 N–H and O–H groups in total. The summed E-state index contributed by atoms with van der Waals surface area (Å²) in [6.07, 6.45) is 0.515. The first kappa shape index (κ1) is 19.7. The second-order valence-electron chi connectivity index (χ2n) is 7.43. The Labute approximate surface area is 138 Å². The van der Waals surface area contributed by atoms with Crippen molar-refractivity contribution in [3.05, 3.63) is 0 Å². The standard InChI is InChI=1S/C17H36N2O2Si/c1-8-21-17(20)9-10-18-11-12-19(13-18)22(14(2)3,15(4)5)16(6)7/h14-16H,8-13H2,1-7H3. The summed E-state index contributed by atoms with van der Waals surface area (Å²) in [5.41, 5.74) is 2.24. The van der Waals surface area contributed by atoms with Gasteiger partial charge in [-0.2, -0.15) is 0 Å². The van der Waals surface area contributed by atoms with Crippen molar-refractivity contribution in [1.29, 1.82) is 0 Å². The van der Waals surface area contributed by atoms with Crippen LogP contribution in [0, 0.1) is 0 Å². The van der Waals surface area contributed by atoms with Crippen molar-refractivity contribution < 1.29 is 9.53 Å². The maximum Gasteiger partial charge on any atom is 0.307 e. The Bertz CT molecular complexity index is 337. The maximum atomic E-state index is 11.5. The molecule has 1 aliphatic rings. The van der Waals surface area contributed by atoms with Gasteiger partial charge in [0.05, 0.1) is 13.0 Å². The Morgan fingerprint density at radius 3 is 2.05 bits per heavy atom. The molecule has 0 spiro atoms. The van der Waals surface area contributed by atoms with Gasteiger partial charge in [-0.25, -0.2) is 0 Å². The summed E-state index contributed by atoms with van der Waals surface area (Å²) in [4.78, 5) is 14.0. The second-order valence-corrected chi connectivity index (χ2v) is 13.3. The molecule has 0 aromatic heterocycles. The number of nitrogens with zero attached hydrogens (tertiary/aromatic N) is 2. The number of carbonyl (C=O) groups excluding carboxylic acids is 1. The molecule has 0 amide bonds. The van der Waals surface area contributed by atoms with E-state index in [4.69, 9.17) is 4.74 Å². The summed E-state index contributed by atoms with van der Waals surface area (Å²) >= 11 is 0. The first-order valence-corrected chi connectivity index (χ1v) is 11.1. The SMILES string of the molecule is CCOC(=O)CCN1CCN([Si](C(C)C)(C(C)C)C(C)C)C1. The molecule has 1 fully saturated rings. The van der Waals surface area contributed by atoms with Gasteiger partial charge in [-0.05, 0) is 23.5 Å². The third kappa shape index (κ3) is 4.12. The Morgan fingerprint density at radius 2 is 1.59 bits per heavy atom. The van der Waals surface area contributed by atoms with Crippen molar-refractivity contribution in [2.75, 3.05) is 32.9 Å². The lowest BCUT2D eigenvalue weighted by atomic mass is 10.4. The lowest BCUT2D eigenvalue weighted by molar-refractivity contribution is -0.143. The Balaban J connectivity index is 2.71. The highest BCUT2D eigenvalue weighted by atomic mass is 28.3. The first-order valence-electron chi connectivity index (χ1n) is 8.89. The summed E-state index contributed by atoms with van der Waals surface area (Å²) in [5.74, 6) is -0.0685. The van der Waals surface area contributed by atoms with E-state index in [-0.39, 0.29) is 5.97 Å². The smallest absolute Gasteiger partial charge is 0.307 e. The highest BCUT2D eigenvalue weighted by molar-refractivity contribution is 6.81. The van der Waals surface area contributed by atoms with E-state index in [0.717, 1.165) is 42.9 Å². The Hall–Kier alpha value is -0.393. The van der Waals surface area contributed by atoms with E-state index in [2.05, 4.69) is 51.0 Å². The van der Waals surface area contributed by atoms with E-state index < -0.39 is 8.24 Å². The van der Waals surface area contributed by atoms with Crippen molar-refractivity contribution in [3.63, 3.8) is 0 Å². The zero-order valence-electron chi connectivity index (χ0n) is 15.7. The molecule has 0 unspecified atom stereocenters. The summed E-state index contributed by atoms with van der Waals surface area (Å²) in [7, 11) is -1.53. The van der Waals surface area contributed by atoms with Gasteiger partial charge >= 0.3 is 5.97 Å². The summed E-state index contributed by atoms with van der Waals surface area (Å²) in [5, 5.41) is 0. The lowest BCUT2D eigenvalue weighted by Gasteiger charge is -2.49. The molecule has 4 nitrogen and oxygen atoms in total. The molecule has 0 aromatic rings. The largest absolute Gasteiger partial charge is 0.466 e. The van der Waals surface area contributed by atoms with Gasteiger partial charge in [0.1, 0.15) is 8.24 Å². The van der Waals surface area contributed by atoms with Crippen molar-refractivity contribution >= 4 is 14.2 Å². The predicted molar refractivity (Wildman–Crippen MR) is 95.4 cm³/mol. The number of rotatable bonds is 8. The van der Waals surface area contributed by atoms with Gasteiger partial charge in [0, 0.05) is 26.3 Å². The minimum Gasteiger partial charge on any atom is -0.466 e. The highest BCUT2D eigenvalue weighted by Gasteiger charge is 2.49. The van der Waals surface area contributed by atoms with Gasteiger partial charge in [-0.1, -0.05) is 41.5 Å². The number of hydrogen-bond acceptors (Lipinski definition) is 4. The van der Waals surface area contributed by atoms with Crippen molar-refractivity contribution in [1.82, 2.24) is 9.47 Å². The summed E-state index contributed by atoms with van der Waals surface area (Å²) in [6, 6.07) is 0. The molecular weight excluding hydrogens is 292 g/mol. The average Bonchev–Trinajstić information content (AvgIpc) is 2.85.